The van der Waals surface area contributed by atoms with E-state index in [2.05, 4.69) is 52.3 Å². The Labute approximate surface area is 172 Å². The fourth-order valence-corrected chi connectivity index (χ4v) is 4.07. The van der Waals surface area contributed by atoms with Crippen LogP contribution in [0.1, 0.15) is 5.56 Å². The molecule has 0 bridgehead atoms. The number of nitrogens with zero attached hydrogens (tertiary/aromatic N) is 2. The molecule has 0 aliphatic carbocycles. The molecule has 0 spiro atoms. The van der Waals surface area contributed by atoms with Crippen molar-refractivity contribution in [3.63, 3.8) is 0 Å². The number of anilines is 1. The third-order valence-electron chi connectivity index (χ3n) is 5.32. The van der Waals surface area contributed by atoms with Gasteiger partial charge in [0.1, 0.15) is 5.75 Å². The summed E-state index contributed by atoms with van der Waals surface area (Å²) in [4.78, 5) is 4.92. The zero-order valence-electron chi connectivity index (χ0n) is 16.1. The fraction of sp³-hybridized carbons (Fsp3) is 0.250. The Morgan fingerprint density at radius 1 is 0.857 bits per heavy atom. The van der Waals surface area contributed by atoms with Crippen LogP contribution in [-0.4, -0.2) is 38.2 Å². The quantitative estimate of drug-likeness (QED) is 0.583. The van der Waals surface area contributed by atoms with Crippen molar-refractivity contribution < 1.29 is 4.74 Å². The van der Waals surface area contributed by atoms with E-state index < -0.39 is 0 Å². The smallest absolute Gasteiger partial charge is 0.142 e. The van der Waals surface area contributed by atoms with Gasteiger partial charge < -0.3 is 9.64 Å². The van der Waals surface area contributed by atoms with Crippen LogP contribution in [0.3, 0.4) is 0 Å². The Bertz CT molecular complexity index is 935. The third-order valence-corrected chi connectivity index (χ3v) is 5.65. The van der Waals surface area contributed by atoms with Crippen LogP contribution < -0.4 is 9.64 Å². The van der Waals surface area contributed by atoms with Gasteiger partial charge in [-0.05, 0) is 35.4 Å². The second kappa shape index (κ2) is 8.68. The number of rotatable bonds is 5. The number of ether oxygens (including phenoxy) is 1. The van der Waals surface area contributed by atoms with Crippen molar-refractivity contribution >= 4 is 17.3 Å². The van der Waals surface area contributed by atoms with E-state index in [-0.39, 0.29) is 0 Å². The average Bonchev–Trinajstić information content (AvgIpc) is 2.75. The maximum absolute atomic E-state index is 6.38. The van der Waals surface area contributed by atoms with Crippen LogP contribution in [0.2, 0.25) is 5.02 Å². The SMILES string of the molecule is COc1ccccc1N1CCN(Cc2cccc(-c3ccccc3Cl)c2)CC1. The van der Waals surface area contributed by atoms with Crippen LogP contribution in [-0.2, 0) is 6.54 Å². The maximum atomic E-state index is 6.38. The van der Waals surface area contributed by atoms with E-state index in [1.165, 1.54) is 16.8 Å². The minimum absolute atomic E-state index is 0.796. The molecule has 1 aliphatic rings. The zero-order chi connectivity index (χ0) is 19.3. The lowest BCUT2D eigenvalue weighted by molar-refractivity contribution is 0.249. The summed E-state index contributed by atoms with van der Waals surface area (Å²) in [5.74, 6) is 0.948. The van der Waals surface area contributed by atoms with Gasteiger partial charge in [0.15, 0.2) is 0 Å². The van der Waals surface area contributed by atoms with Gasteiger partial charge in [-0.3, -0.25) is 4.90 Å². The van der Waals surface area contributed by atoms with Gasteiger partial charge in [-0.15, -0.1) is 0 Å². The minimum atomic E-state index is 0.796. The van der Waals surface area contributed by atoms with Crippen LogP contribution in [0.15, 0.2) is 72.8 Å². The van der Waals surface area contributed by atoms with Crippen LogP contribution in [0.25, 0.3) is 11.1 Å². The highest BCUT2D eigenvalue weighted by Crippen LogP contribution is 2.30. The highest BCUT2D eigenvalue weighted by Gasteiger charge is 2.19. The maximum Gasteiger partial charge on any atom is 0.142 e. The Kier molecular flexibility index (Phi) is 5.84. The second-order valence-corrected chi connectivity index (χ2v) is 7.52. The fourth-order valence-electron chi connectivity index (χ4n) is 3.83. The molecule has 0 amide bonds. The number of hydrogen-bond donors (Lipinski definition) is 0. The summed E-state index contributed by atoms with van der Waals surface area (Å²) in [6, 6.07) is 25.0. The largest absolute Gasteiger partial charge is 0.495 e. The lowest BCUT2D eigenvalue weighted by Crippen LogP contribution is -2.46. The second-order valence-electron chi connectivity index (χ2n) is 7.12. The molecule has 0 aromatic heterocycles. The first-order valence-electron chi connectivity index (χ1n) is 9.69. The summed E-state index contributed by atoms with van der Waals surface area (Å²) >= 11 is 6.38. The molecule has 1 saturated heterocycles. The summed E-state index contributed by atoms with van der Waals surface area (Å²) in [6.45, 7) is 5.04. The van der Waals surface area contributed by atoms with Crippen molar-refractivity contribution in [1.82, 2.24) is 4.90 Å². The van der Waals surface area contributed by atoms with Gasteiger partial charge in [-0.1, -0.05) is 60.1 Å². The molecule has 1 heterocycles. The summed E-state index contributed by atoms with van der Waals surface area (Å²) in [5.41, 5.74) is 4.77. The van der Waals surface area contributed by atoms with Gasteiger partial charge >= 0.3 is 0 Å². The van der Waals surface area contributed by atoms with Crippen LogP contribution in [0, 0.1) is 0 Å². The topological polar surface area (TPSA) is 15.7 Å². The first-order valence-corrected chi connectivity index (χ1v) is 10.1. The molecule has 0 unspecified atom stereocenters. The predicted molar refractivity (Wildman–Crippen MR) is 117 cm³/mol. The normalized spacial score (nSPS) is 14.9. The van der Waals surface area contributed by atoms with Crippen molar-refractivity contribution in [3.05, 3.63) is 83.4 Å². The number of benzene rings is 3. The molecule has 4 heteroatoms. The summed E-state index contributed by atoms with van der Waals surface area (Å²) in [7, 11) is 1.74. The predicted octanol–water partition coefficient (Wildman–Crippen LogP) is 5.34. The van der Waals surface area contributed by atoms with Gasteiger partial charge in [0.25, 0.3) is 0 Å². The molecular weight excluding hydrogens is 368 g/mol. The van der Waals surface area contributed by atoms with E-state index in [0.717, 1.165) is 49.1 Å². The molecule has 0 atom stereocenters. The van der Waals surface area contributed by atoms with Gasteiger partial charge in [-0.2, -0.15) is 0 Å². The molecule has 0 saturated carbocycles. The van der Waals surface area contributed by atoms with Gasteiger partial charge in [0, 0.05) is 43.3 Å². The summed E-state index contributed by atoms with van der Waals surface area (Å²) < 4.78 is 5.52. The molecule has 3 aromatic carbocycles. The Balaban J connectivity index is 1.42. The molecule has 4 rings (SSSR count). The number of piperazine rings is 1. The highest BCUT2D eigenvalue weighted by molar-refractivity contribution is 6.33. The number of halogens is 1. The van der Waals surface area contributed by atoms with E-state index in [4.69, 9.17) is 16.3 Å². The van der Waals surface area contributed by atoms with E-state index >= 15 is 0 Å². The average molecular weight is 393 g/mol. The lowest BCUT2D eigenvalue weighted by atomic mass is 10.0. The lowest BCUT2D eigenvalue weighted by Gasteiger charge is -2.36. The molecule has 3 aromatic rings. The van der Waals surface area contributed by atoms with Crippen LogP contribution >= 0.6 is 11.6 Å². The van der Waals surface area contributed by atoms with E-state index in [9.17, 15) is 0 Å². The summed E-state index contributed by atoms with van der Waals surface area (Å²) in [6.07, 6.45) is 0. The highest BCUT2D eigenvalue weighted by atomic mass is 35.5. The molecular formula is C24H25ClN2O. The number of para-hydroxylation sites is 2. The summed E-state index contributed by atoms with van der Waals surface area (Å²) in [5, 5.41) is 0.796. The van der Waals surface area contributed by atoms with Crippen LogP contribution in [0.4, 0.5) is 5.69 Å². The molecule has 0 radical (unpaired) electrons. The number of hydrogen-bond acceptors (Lipinski definition) is 3. The molecule has 3 nitrogen and oxygen atoms in total. The van der Waals surface area contributed by atoms with E-state index in [1.807, 2.05) is 30.3 Å². The molecule has 144 valence electrons. The molecule has 1 fully saturated rings. The van der Waals surface area contributed by atoms with Gasteiger partial charge in [-0.25, -0.2) is 0 Å². The van der Waals surface area contributed by atoms with Crippen molar-refractivity contribution in [2.75, 3.05) is 38.2 Å². The van der Waals surface area contributed by atoms with Gasteiger partial charge in [0.05, 0.1) is 12.8 Å². The first-order chi connectivity index (χ1) is 13.7. The first kappa shape index (κ1) is 18.9. The monoisotopic (exact) mass is 392 g/mol. The van der Waals surface area contributed by atoms with E-state index in [1.54, 1.807) is 7.11 Å². The standard InChI is InChI=1S/C24H25ClN2O/c1-28-24-12-5-4-11-23(24)27-15-13-26(14-16-27)18-19-7-6-8-20(17-19)21-9-2-3-10-22(21)25/h2-12,17H,13-16,18H2,1H3. The van der Waals surface area contributed by atoms with Gasteiger partial charge in [0.2, 0.25) is 0 Å². The molecule has 1 aliphatic heterocycles. The van der Waals surface area contributed by atoms with Crippen LogP contribution in [0.5, 0.6) is 5.75 Å². The molecule has 0 N–H and O–H groups in total. The van der Waals surface area contributed by atoms with Crippen molar-refractivity contribution in [2.45, 2.75) is 6.54 Å². The zero-order valence-corrected chi connectivity index (χ0v) is 16.9. The molecule has 28 heavy (non-hydrogen) atoms. The van der Waals surface area contributed by atoms with Crippen molar-refractivity contribution in [3.8, 4) is 16.9 Å². The van der Waals surface area contributed by atoms with E-state index in [0.29, 0.717) is 0 Å². The van der Waals surface area contributed by atoms with Crippen molar-refractivity contribution in [1.29, 1.82) is 0 Å². The third kappa shape index (κ3) is 4.16. The Morgan fingerprint density at radius 3 is 2.39 bits per heavy atom. The number of methoxy groups -OCH3 is 1. The Hall–Kier alpha value is -2.49. The Morgan fingerprint density at radius 2 is 1.61 bits per heavy atom. The minimum Gasteiger partial charge on any atom is -0.495 e. The van der Waals surface area contributed by atoms with Crippen molar-refractivity contribution in [2.24, 2.45) is 0 Å².